The Kier molecular flexibility index (Phi) is 3.58. The topological polar surface area (TPSA) is 45.0 Å². The normalized spacial score (nSPS) is 22.2. The molecular formula is C15H20N2O. The first kappa shape index (κ1) is 12.9. The third-order valence-corrected chi connectivity index (χ3v) is 3.42. The summed E-state index contributed by atoms with van der Waals surface area (Å²) in [4.78, 5) is 0. The Morgan fingerprint density at radius 2 is 2.22 bits per heavy atom. The van der Waals surface area contributed by atoms with Crippen LogP contribution in [0, 0.1) is 18.3 Å². The molecule has 1 aliphatic heterocycles. The van der Waals surface area contributed by atoms with Crippen LogP contribution in [0.5, 0.6) is 0 Å². The highest BCUT2D eigenvalue weighted by atomic mass is 16.5. The van der Waals surface area contributed by atoms with E-state index in [1.54, 1.807) is 0 Å². The molecule has 0 aliphatic carbocycles. The van der Waals surface area contributed by atoms with E-state index >= 15 is 0 Å². The van der Waals surface area contributed by atoms with Gasteiger partial charge in [0.2, 0.25) is 0 Å². The molecule has 0 bridgehead atoms. The number of nitrogens with one attached hydrogen (secondary N) is 1. The highest BCUT2D eigenvalue weighted by Crippen LogP contribution is 2.27. The molecule has 1 atom stereocenters. The molecule has 0 amide bonds. The summed E-state index contributed by atoms with van der Waals surface area (Å²) in [6.07, 6.45) is 2.00. The zero-order valence-electron chi connectivity index (χ0n) is 11.3. The molecule has 18 heavy (non-hydrogen) atoms. The molecule has 1 aromatic rings. The van der Waals surface area contributed by atoms with E-state index in [-0.39, 0.29) is 5.60 Å². The fraction of sp³-hybridized carbons (Fsp3) is 0.533. The van der Waals surface area contributed by atoms with Gasteiger partial charge in [0.25, 0.3) is 0 Å². The summed E-state index contributed by atoms with van der Waals surface area (Å²) < 4.78 is 5.72. The number of ether oxygens (including phenoxy) is 1. The van der Waals surface area contributed by atoms with E-state index in [0.717, 1.165) is 25.1 Å². The van der Waals surface area contributed by atoms with Gasteiger partial charge in [0.05, 0.1) is 17.2 Å². The zero-order valence-corrected chi connectivity index (χ0v) is 11.3. The van der Waals surface area contributed by atoms with E-state index in [2.05, 4.69) is 32.2 Å². The number of rotatable bonds is 2. The van der Waals surface area contributed by atoms with Crippen molar-refractivity contribution in [3.63, 3.8) is 0 Å². The van der Waals surface area contributed by atoms with E-state index in [1.165, 1.54) is 5.56 Å². The SMILES string of the molecule is Cc1ccc(C#N)cc1NC1CCOC(C)(C)C1. The van der Waals surface area contributed by atoms with E-state index in [0.29, 0.717) is 11.6 Å². The van der Waals surface area contributed by atoms with Crippen molar-refractivity contribution in [1.29, 1.82) is 5.26 Å². The smallest absolute Gasteiger partial charge is 0.0992 e. The van der Waals surface area contributed by atoms with Gasteiger partial charge in [-0.1, -0.05) is 6.07 Å². The molecule has 0 aromatic heterocycles. The Bertz CT molecular complexity index is 474. The average Bonchev–Trinajstić information content (AvgIpc) is 2.31. The van der Waals surface area contributed by atoms with E-state index in [9.17, 15) is 0 Å². The Morgan fingerprint density at radius 1 is 1.44 bits per heavy atom. The van der Waals surface area contributed by atoms with Crippen molar-refractivity contribution in [2.45, 2.75) is 45.3 Å². The van der Waals surface area contributed by atoms with Gasteiger partial charge < -0.3 is 10.1 Å². The molecule has 1 fully saturated rings. The minimum absolute atomic E-state index is 0.0589. The van der Waals surface area contributed by atoms with Crippen molar-refractivity contribution in [1.82, 2.24) is 0 Å². The van der Waals surface area contributed by atoms with Crippen molar-refractivity contribution < 1.29 is 4.74 Å². The molecule has 0 radical (unpaired) electrons. The summed E-state index contributed by atoms with van der Waals surface area (Å²) in [5.41, 5.74) is 2.89. The number of hydrogen-bond acceptors (Lipinski definition) is 3. The number of nitrogens with zero attached hydrogens (tertiary/aromatic N) is 1. The molecule has 1 heterocycles. The van der Waals surface area contributed by atoms with Crippen molar-refractivity contribution in [2.24, 2.45) is 0 Å². The maximum Gasteiger partial charge on any atom is 0.0992 e. The second-order valence-corrected chi connectivity index (χ2v) is 5.58. The molecule has 1 aliphatic rings. The van der Waals surface area contributed by atoms with Crippen LogP contribution in [0.1, 0.15) is 37.8 Å². The second kappa shape index (κ2) is 4.99. The van der Waals surface area contributed by atoms with Gasteiger partial charge in [-0.2, -0.15) is 5.26 Å². The van der Waals surface area contributed by atoms with E-state index < -0.39 is 0 Å². The molecule has 0 spiro atoms. The third kappa shape index (κ3) is 3.02. The van der Waals surface area contributed by atoms with Crippen LogP contribution in [0.2, 0.25) is 0 Å². The van der Waals surface area contributed by atoms with Crippen LogP contribution in [-0.4, -0.2) is 18.2 Å². The minimum atomic E-state index is -0.0589. The maximum atomic E-state index is 8.94. The number of nitriles is 1. The Morgan fingerprint density at radius 3 is 2.89 bits per heavy atom. The monoisotopic (exact) mass is 244 g/mol. The van der Waals surface area contributed by atoms with Crippen LogP contribution in [0.25, 0.3) is 0 Å². The molecule has 1 unspecified atom stereocenters. The number of benzene rings is 1. The summed E-state index contributed by atoms with van der Waals surface area (Å²) >= 11 is 0. The fourth-order valence-corrected chi connectivity index (χ4v) is 2.42. The third-order valence-electron chi connectivity index (χ3n) is 3.42. The Hall–Kier alpha value is -1.53. The fourth-order valence-electron chi connectivity index (χ4n) is 2.42. The molecule has 2 rings (SSSR count). The highest BCUT2D eigenvalue weighted by Gasteiger charge is 2.28. The summed E-state index contributed by atoms with van der Waals surface area (Å²) in [7, 11) is 0. The van der Waals surface area contributed by atoms with Gasteiger partial charge in [-0.15, -0.1) is 0 Å². The van der Waals surface area contributed by atoms with Gasteiger partial charge in [-0.25, -0.2) is 0 Å². The molecule has 1 N–H and O–H groups in total. The average molecular weight is 244 g/mol. The highest BCUT2D eigenvalue weighted by molar-refractivity contribution is 5.55. The van der Waals surface area contributed by atoms with Crippen molar-refractivity contribution in [2.75, 3.05) is 11.9 Å². The van der Waals surface area contributed by atoms with Crippen molar-refractivity contribution in [3.05, 3.63) is 29.3 Å². The summed E-state index contributed by atoms with van der Waals surface area (Å²) in [5, 5.41) is 12.5. The van der Waals surface area contributed by atoms with E-state index in [4.69, 9.17) is 10.00 Å². The molecule has 0 saturated carbocycles. The first-order valence-electron chi connectivity index (χ1n) is 6.41. The lowest BCUT2D eigenvalue weighted by Crippen LogP contribution is -2.40. The molecule has 3 heteroatoms. The van der Waals surface area contributed by atoms with Crippen molar-refractivity contribution in [3.8, 4) is 6.07 Å². The Balaban J connectivity index is 2.12. The van der Waals surface area contributed by atoms with Gasteiger partial charge in [0, 0.05) is 18.3 Å². The summed E-state index contributed by atoms with van der Waals surface area (Å²) in [6, 6.07) is 8.38. The van der Waals surface area contributed by atoms with Gasteiger partial charge >= 0.3 is 0 Å². The van der Waals surface area contributed by atoms with Gasteiger partial charge in [0.1, 0.15) is 0 Å². The first-order valence-corrected chi connectivity index (χ1v) is 6.41. The van der Waals surface area contributed by atoms with Crippen LogP contribution in [-0.2, 0) is 4.74 Å². The summed E-state index contributed by atoms with van der Waals surface area (Å²) in [5.74, 6) is 0. The van der Waals surface area contributed by atoms with Gasteiger partial charge in [0.15, 0.2) is 0 Å². The Labute approximate surface area is 109 Å². The van der Waals surface area contributed by atoms with Crippen LogP contribution in [0.4, 0.5) is 5.69 Å². The molecule has 1 aromatic carbocycles. The number of anilines is 1. The predicted octanol–water partition coefficient (Wildman–Crippen LogP) is 3.24. The number of aryl methyl sites for hydroxylation is 1. The van der Waals surface area contributed by atoms with Crippen LogP contribution in [0.3, 0.4) is 0 Å². The lowest BCUT2D eigenvalue weighted by molar-refractivity contribution is -0.0553. The number of hydrogen-bond donors (Lipinski definition) is 1. The zero-order chi connectivity index (χ0) is 13.2. The van der Waals surface area contributed by atoms with Gasteiger partial charge in [-0.05, 0) is 51.3 Å². The molecular weight excluding hydrogens is 224 g/mol. The first-order chi connectivity index (χ1) is 8.50. The van der Waals surface area contributed by atoms with E-state index in [1.807, 2.05) is 18.2 Å². The molecule has 96 valence electrons. The lowest BCUT2D eigenvalue weighted by atomic mass is 9.93. The predicted molar refractivity (Wildman–Crippen MR) is 72.6 cm³/mol. The van der Waals surface area contributed by atoms with Crippen molar-refractivity contribution >= 4 is 5.69 Å². The van der Waals surface area contributed by atoms with Crippen LogP contribution in [0.15, 0.2) is 18.2 Å². The van der Waals surface area contributed by atoms with Gasteiger partial charge in [-0.3, -0.25) is 0 Å². The van der Waals surface area contributed by atoms with Crippen LogP contribution < -0.4 is 5.32 Å². The molecule has 3 nitrogen and oxygen atoms in total. The molecule has 1 saturated heterocycles. The lowest BCUT2D eigenvalue weighted by Gasteiger charge is -2.36. The second-order valence-electron chi connectivity index (χ2n) is 5.58. The maximum absolute atomic E-state index is 8.94. The summed E-state index contributed by atoms with van der Waals surface area (Å²) in [6.45, 7) is 7.11. The standard InChI is InChI=1S/C15H20N2O/c1-11-4-5-12(10-16)8-14(11)17-13-6-7-18-15(2,3)9-13/h4-5,8,13,17H,6-7,9H2,1-3H3. The quantitative estimate of drug-likeness (QED) is 0.868. The minimum Gasteiger partial charge on any atom is -0.382 e. The van der Waals surface area contributed by atoms with Crippen LogP contribution >= 0.6 is 0 Å². The largest absolute Gasteiger partial charge is 0.382 e.